The van der Waals surface area contributed by atoms with E-state index >= 15 is 0 Å². The van der Waals surface area contributed by atoms with Gasteiger partial charge < -0.3 is 0 Å². The lowest BCUT2D eigenvalue weighted by atomic mass is 9.92. The Morgan fingerprint density at radius 3 is 1.87 bits per heavy atom. The molecule has 0 saturated carbocycles. The fourth-order valence-electron chi connectivity index (χ4n) is 7.91. The van der Waals surface area contributed by atoms with Gasteiger partial charge in [-0.25, -0.2) is 9.97 Å². The van der Waals surface area contributed by atoms with Crippen LogP contribution in [0.1, 0.15) is 0 Å². The van der Waals surface area contributed by atoms with Crippen molar-refractivity contribution >= 4 is 72.7 Å². The highest BCUT2D eigenvalue weighted by Gasteiger charge is 2.38. The molecule has 0 aliphatic carbocycles. The summed E-state index contributed by atoms with van der Waals surface area (Å²) in [6.45, 7) is 4.93. The standard InChI is InChI=1S/C43H29N3Si/c1-47(2)39-12-6-5-11-33(39)41-32-18-20-36(45-38(32)21-22-40(41)47)30-16-17-31(35-25-29-9-4-3-8-28(29)24-34(30)35)37-19-15-27-14-13-26-10-7-23-44-42(26)43(27)46-37/h3-25H,1-2H3. The topological polar surface area (TPSA) is 38.7 Å². The highest BCUT2D eigenvalue weighted by atomic mass is 28.3. The van der Waals surface area contributed by atoms with E-state index < -0.39 is 8.07 Å². The van der Waals surface area contributed by atoms with E-state index in [4.69, 9.17) is 15.0 Å². The van der Waals surface area contributed by atoms with Gasteiger partial charge in [0.2, 0.25) is 0 Å². The highest BCUT2D eigenvalue weighted by molar-refractivity contribution is 7.04. The molecule has 6 aromatic carbocycles. The molecular formula is C43H29N3Si. The maximum Gasteiger partial charge on any atom is 0.113 e. The fraction of sp³-hybridized carbons (Fsp3) is 0.0465. The largest absolute Gasteiger partial charge is 0.254 e. The minimum atomic E-state index is -1.75. The summed E-state index contributed by atoms with van der Waals surface area (Å²) in [5.41, 5.74) is 9.80. The minimum absolute atomic E-state index is 0.926. The van der Waals surface area contributed by atoms with Gasteiger partial charge in [0.1, 0.15) is 8.07 Å². The summed E-state index contributed by atoms with van der Waals surface area (Å²) in [5.74, 6) is 0. The first-order valence-corrected chi connectivity index (χ1v) is 19.2. The molecule has 0 spiro atoms. The van der Waals surface area contributed by atoms with Crippen molar-refractivity contribution in [2.75, 3.05) is 0 Å². The van der Waals surface area contributed by atoms with E-state index in [9.17, 15) is 0 Å². The average Bonchev–Trinajstić information content (AvgIpc) is 3.36. The van der Waals surface area contributed by atoms with Gasteiger partial charge in [0.15, 0.2) is 0 Å². The summed E-state index contributed by atoms with van der Waals surface area (Å²) in [6.07, 6.45) is 1.85. The molecular weight excluding hydrogens is 587 g/mol. The first-order chi connectivity index (χ1) is 23.0. The molecule has 10 rings (SSSR count). The summed E-state index contributed by atoms with van der Waals surface area (Å²) < 4.78 is 0. The maximum absolute atomic E-state index is 5.34. The molecule has 1 aliphatic heterocycles. The second kappa shape index (κ2) is 9.65. The number of nitrogens with zero attached hydrogens (tertiary/aromatic N) is 3. The zero-order valence-corrected chi connectivity index (χ0v) is 27.1. The van der Waals surface area contributed by atoms with Gasteiger partial charge in [0, 0.05) is 33.5 Å². The number of pyridine rings is 3. The number of benzene rings is 6. The van der Waals surface area contributed by atoms with E-state index in [0.717, 1.165) is 49.8 Å². The third kappa shape index (κ3) is 3.82. The summed E-state index contributed by atoms with van der Waals surface area (Å²) in [6, 6.07) is 48.4. The predicted octanol–water partition coefficient (Wildman–Crippen LogP) is 9.77. The lowest BCUT2D eigenvalue weighted by Gasteiger charge is -2.18. The number of hydrogen-bond acceptors (Lipinski definition) is 3. The molecule has 0 fully saturated rings. The molecule has 47 heavy (non-hydrogen) atoms. The molecule has 0 bridgehead atoms. The van der Waals surface area contributed by atoms with Crippen molar-refractivity contribution in [1.82, 2.24) is 15.0 Å². The van der Waals surface area contributed by atoms with Crippen LogP contribution in [0.15, 0.2) is 140 Å². The van der Waals surface area contributed by atoms with Crippen molar-refractivity contribution in [2.24, 2.45) is 0 Å². The summed E-state index contributed by atoms with van der Waals surface area (Å²) >= 11 is 0. The van der Waals surface area contributed by atoms with Crippen LogP contribution in [0.25, 0.3) is 87.9 Å². The van der Waals surface area contributed by atoms with Gasteiger partial charge in [-0.1, -0.05) is 110 Å². The molecule has 9 aromatic rings. The first kappa shape index (κ1) is 26.5. The Bertz CT molecular complexity index is 2780. The van der Waals surface area contributed by atoms with Gasteiger partial charge in [0.25, 0.3) is 0 Å². The van der Waals surface area contributed by atoms with Crippen LogP contribution in [-0.2, 0) is 0 Å². The van der Waals surface area contributed by atoms with E-state index in [1.165, 1.54) is 48.4 Å². The van der Waals surface area contributed by atoms with Crippen molar-refractivity contribution in [3.8, 4) is 33.6 Å². The molecule has 1 aliphatic rings. The SMILES string of the molecule is C[Si]1(C)c2ccccc2-c2c1ccc1nc(-c3ccc(-c4ccc5ccc6cccnc6c5n4)c4cc5ccccc5cc34)ccc21. The Hall–Kier alpha value is -5.71. The maximum atomic E-state index is 5.34. The molecule has 3 nitrogen and oxygen atoms in total. The molecule has 4 heterocycles. The van der Waals surface area contributed by atoms with Gasteiger partial charge in [-0.2, -0.15) is 0 Å². The van der Waals surface area contributed by atoms with Crippen molar-refractivity contribution in [3.63, 3.8) is 0 Å². The third-order valence-corrected chi connectivity index (χ3v) is 13.8. The summed E-state index contributed by atoms with van der Waals surface area (Å²) in [4.78, 5) is 15.3. The zero-order chi connectivity index (χ0) is 31.3. The zero-order valence-electron chi connectivity index (χ0n) is 26.1. The van der Waals surface area contributed by atoms with Crippen LogP contribution in [0.3, 0.4) is 0 Å². The Morgan fingerprint density at radius 1 is 0.447 bits per heavy atom. The summed E-state index contributed by atoms with van der Waals surface area (Å²) in [5, 5.41) is 11.2. The molecule has 0 unspecified atom stereocenters. The summed E-state index contributed by atoms with van der Waals surface area (Å²) in [7, 11) is -1.75. The molecule has 4 heteroatoms. The van der Waals surface area contributed by atoms with Crippen LogP contribution >= 0.6 is 0 Å². The molecule has 0 N–H and O–H groups in total. The van der Waals surface area contributed by atoms with Gasteiger partial charge in [-0.3, -0.25) is 4.98 Å². The van der Waals surface area contributed by atoms with Crippen LogP contribution in [0.5, 0.6) is 0 Å². The monoisotopic (exact) mass is 615 g/mol. The lowest BCUT2D eigenvalue weighted by molar-refractivity contribution is 1.37. The second-order valence-electron chi connectivity index (χ2n) is 13.2. The molecule has 0 saturated heterocycles. The van der Waals surface area contributed by atoms with Crippen molar-refractivity contribution in [3.05, 3.63) is 140 Å². The Balaban J connectivity index is 1.20. The number of fused-ring (bicyclic) bond motifs is 10. The number of rotatable bonds is 2. The van der Waals surface area contributed by atoms with Crippen molar-refractivity contribution in [2.45, 2.75) is 13.1 Å². The lowest BCUT2D eigenvalue weighted by Crippen LogP contribution is -2.49. The van der Waals surface area contributed by atoms with Gasteiger partial charge in [0.05, 0.1) is 27.9 Å². The van der Waals surface area contributed by atoms with E-state index in [1.54, 1.807) is 0 Å². The van der Waals surface area contributed by atoms with Crippen LogP contribution in [0, 0.1) is 0 Å². The van der Waals surface area contributed by atoms with Crippen LogP contribution in [0.2, 0.25) is 13.1 Å². The van der Waals surface area contributed by atoms with E-state index in [-0.39, 0.29) is 0 Å². The van der Waals surface area contributed by atoms with E-state index in [1.807, 2.05) is 12.3 Å². The number of hydrogen-bond donors (Lipinski definition) is 0. The number of aromatic nitrogens is 3. The molecule has 0 amide bonds. The smallest absolute Gasteiger partial charge is 0.113 e. The molecule has 220 valence electrons. The Morgan fingerprint density at radius 2 is 1.09 bits per heavy atom. The van der Waals surface area contributed by atoms with E-state index in [0.29, 0.717) is 0 Å². The normalized spacial score (nSPS) is 13.5. The fourth-order valence-corrected chi connectivity index (χ4v) is 11.0. The highest BCUT2D eigenvalue weighted by Crippen LogP contribution is 2.40. The Kier molecular flexibility index (Phi) is 5.44. The van der Waals surface area contributed by atoms with Crippen LogP contribution in [0.4, 0.5) is 0 Å². The second-order valence-corrected chi connectivity index (χ2v) is 17.6. The molecule has 0 radical (unpaired) electrons. The van der Waals surface area contributed by atoms with Crippen molar-refractivity contribution in [1.29, 1.82) is 0 Å². The first-order valence-electron chi connectivity index (χ1n) is 16.2. The molecule has 0 atom stereocenters. The quantitative estimate of drug-likeness (QED) is 0.110. The third-order valence-electron chi connectivity index (χ3n) is 10.3. The predicted molar refractivity (Wildman–Crippen MR) is 200 cm³/mol. The minimum Gasteiger partial charge on any atom is -0.254 e. The average molecular weight is 616 g/mol. The van der Waals surface area contributed by atoms with Crippen molar-refractivity contribution < 1.29 is 0 Å². The van der Waals surface area contributed by atoms with Gasteiger partial charge in [-0.15, -0.1) is 0 Å². The Labute approximate surface area is 273 Å². The van der Waals surface area contributed by atoms with Gasteiger partial charge >= 0.3 is 0 Å². The van der Waals surface area contributed by atoms with Gasteiger partial charge in [-0.05, 0) is 79.4 Å². The van der Waals surface area contributed by atoms with E-state index in [2.05, 4.69) is 140 Å². The molecule has 3 aromatic heterocycles. The van der Waals surface area contributed by atoms with Crippen LogP contribution in [-0.4, -0.2) is 23.0 Å². The van der Waals surface area contributed by atoms with Crippen LogP contribution < -0.4 is 10.4 Å².